The average molecular weight is 387 g/mol. The number of hydrogen-bond acceptors (Lipinski definition) is 7. The molecule has 0 radical (unpaired) electrons. The van der Waals surface area contributed by atoms with Crippen LogP contribution in [0.25, 0.3) is 0 Å². The Morgan fingerprint density at radius 2 is 1.36 bits per heavy atom. The van der Waals surface area contributed by atoms with E-state index in [0.29, 0.717) is 22.7 Å². The standard InChI is InChI=1S/C21H25NO6/c1-6-27-20(24)16-12(3)22-13(4)17(21(25)28-7-2)18(16)19(23)14-8-10-15(26-5)11-9-14/h8-11,18,22H,6-7H2,1-5H3. The number of carbonyl (C=O) groups excluding carboxylic acids is 3. The van der Waals surface area contributed by atoms with E-state index in [2.05, 4.69) is 5.32 Å². The molecule has 2 rings (SSSR count). The molecule has 0 saturated carbocycles. The molecule has 7 heteroatoms. The van der Waals surface area contributed by atoms with Crippen molar-refractivity contribution in [2.24, 2.45) is 5.92 Å². The van der Waals surface area contributed by atoms with E-state index in [-0.39, 0.29) is 24.4 Å². The molecule has 1 N–H and O–H groups in total. The van der Waals surface area contributed by atoms with Crippen LogP contribution in [0, 0.1) is 5.92 Å². The molecule has 1 aromatic rings. The van der Waals surface area contributed by atoms with Gasteiger partial charge in [-0.05, 0) is 52.0 Å². The Kier molecular flexibility index (Phi) is 6.98. The lowest BCUT2D eigenvalue weighted by Crippen LogP contribution is -2.37. The Morgan fingerprint density at radius 1 is 0.893 bits per heavy atom. The van der Waals surface area contributed by atoms with E-state index >= 15 is 0 Å². The highest BCUT2D eigenvalue weighted by molar-refractivity contribution is 6.12. The molecule has 0 bridgehead atoms. The molecule has 1 aromatic carbocycles. The summed E-state index contributed by atoms with van der Waals surface area (Å²) >= 11 is 0. The van der Waals surface area contributed by atoms with Crippen LogP contribution >= 0.6 is 0 Å². The molecule has 0 saturated heterocycles. The maximum absolute atomic E-state index is 13.4. The second kappa shape index (κ2) is 9.21. The summed E-state index contributed by atoms with van der Waals surface area (Å²) in [5.74, 6) is -2.21. The van der Waals surface area contributed by atoms with Gasteiger partial charge in [-0.15, -0.1) is 0 Å². The molecule has 1 aliphatic heterocycles. The molecule has 0 atom stereocenters. The van der Waals surface area contributed by atoms with Crippen molar-refractivity contribution in [1.29, 1.82) is 0 Å². The number of ether oxygens (including phenoxy) is 3. The first kappa shape index (κ1) is 21.2. The fourth-order valence-corrected chi connectivity index (χ4v) is 3.14. The number of carbonyl (C=O) groups is 3. The number of methoxy groups -OCH3 is 1. The predicted molar refractivity (Wildman–Crippen MR) is 103 cm³/mol. The van der Waals surface area contributed by atoms with Crippen LogP contribution < -0.4 is 10.1 Å². The lowest BCUT2D eigenvalue weighted by atomic mass is 9.80. The van der Waals surface area contributed by atoms with Gasteiger partial charge in [-0.2, -0.15) is 0 Å². The second-order valence-electron chi connectivity index (χ2n) is 6.17. The van der Waals surface area contributed by atoms with Gasteiger partial charge in [-0.3, -0.25) is 4.79 Å². The minimum Gasteiger partial charge on any atom is -0.497 e. The van der Waals surface area contributed by atoms with Gasteiger partial charge in [0.2, 0.25) is 0 Å². The Morgan fingerprint density at radius 3 is 1.75 bits per heavy atom. The first-order chi connectivity index (χ1) is 13.3. The van der Waals surface area contributed by atoms with Gasteiger partial charge in [0.25, 0.3) is 0 Å². The summed E-state index contributed by atoms with van der Waals surface area (Å²) < 4.78 is 15.4. The summed E-state index contributed by atoms with van der Waals surface area (Å²) in [4.78, 5) is 38.6. The number of hydrogen-bond donors (Lipinski definition) is 1. The van der Waals surface area contributed by atoms with E-state index < -0.39 is 23.6 Å². The van der Waals surface area contributed by atoms with Crippen molar-refractivity contribution >= 4 is 17.7 Å². The van der Waals surface area contributed by atoms with Crippen LogP contribution in [0.2, 0.25) is 0 Å². The van der Waals surface area contributed by atoms with Gasteiger partial charge >= 0.3 is 11.9 Å². The number of esters is 2. The van der Waals surface area contributed by atoms with Crippen molar-refractivity contribution in [2.45, 2.75) is 27.7 Å². The SMILES string of the molecule is CCOC(=O)C1=C(C)NC(C)=C(C(=O)OCC)C1C(=O)c1ccc(OC)cc1. The quantitative estimate of drug-likeness (QED) is 0.568. The fraction of sp³-hybridized carbons (Fsp3) is 0.381. The van der Waals surface area contributed by atoms with Gasteiger partial charge in [0.15, 0.2) is 5.78 Å². The van der Waals surface area contributed by atoms with Gasteiger partial charge in [0.05, 0.1) is 37.4 Å². The first-order valence-electron chi connectivity index (χ1n) is 9.06. The molecular weight excluding hydrogens is 362 g/mol. The molecule has 0 aromatic heterocycles. The number of Topliss-reactive ketones (excluding diaryl/α,β-unsaturated/α-hetero) is 1. The fourth-order valence-electron chi connectivity index (χ4n) is 3.14. The monoisotopic (exact) mass is 387 g/mol. The number of nitrogens with one attached hydrogen (secondary N) is 1. The molecule has 7 nitrogen and oxygen atoms in total. The van der Waals surface area contributed by atoms with Crippen LogP contribution in [0.15, 0.2) is 46.8 Å². The lowest BCUT2D eigenvalue weighted by molar-refractivity contribution is -0.139. The zero-order valence-corrected chi connectivity index (χ0v) is 16.8. The third kappa shape index (κ3) is 4.24. The van der Waals surface area contributed by atoms with E-state index in [9.17, 15) is 14.4 Å². The first-order valence-corrected chi connectivity index (χ1v) is 9.06. The smallest absolute Gasteiger partial charge is 0.336 e. The van der Waals surface area contributed by atoms with Crippen LogP contribution in [0.1, 0.15) is 38.1 Å². The van der Waals surface area contributed by atoms with Crippen molar-refractivity contribution < 1.29 is 28.6 Å². The number of rotatable bonds is 7. The normalized spacial score (nSPS) is 14.5. The van der Waals surface area contributed by atoms with Crippen molar-refractivity contribution in [3.63, 3.8) is 0 Å². The van der Waals surface area contributed by atoms with Crippen LogP contribution in [0.5, 0.6) is 5.75 Å². The second-order valence-corrected chi connectivity index (χ2v) is 6.17. The molecular formula is C21H25NO6. The molecule has 28 heavy (non-hydrogen) atoms. The highest BCUT2D eigenvalue weighted by Gasteiger charge is 2.41. The van der Waals surface area contributed by atoms with E-state index in [1.54, 1.807) is 52.0 Å². The maximum Gasteiger partial charge on any atom is 0.336 e. The Bertz CT molecular complexity index is 795. The Labute approximate surface area is 164 Å². The number of dihydropyridines is 1. The van der Waals surface area contributed by atoms with Crippen molar-refractivity contribution in [2.75, 3.05) is 20.3 Å². The average Bonchev–Trinajstić information content (AvgIpc) is 2.67. The Balaban J connectivity index is 2.58. The summed E-state index contributed by atoms with van der Waals surface area (Å²) in [5, 5.41) is 3.00. The highest BCUT2D eigenvalue weighted by Crippen LogP contribution is 2.34. The maximum atomic E-state index is 13.4. The third-order valence-electron chi connectivity index (χ3n) is 4.39. The molecule has 0 unspecified atom stereocenters. The van der Waals surface area contributed by atoms with Gasteiger partial charge in [-0.1, -0.05) is 0 Å². The van der Waals surface area contributed by atoms with Crippen LogP contribution in [0.4, 0.5) is 0 Å². The molecule has 150 valence electrons. The number of benzene rings is 1. The Hall–Kier alpha value is -3.09. The predicted octanol–water partition coefficient (Wildman–Crippen LogP) is 2.77. The summed E-state index contributed by atoms with van der Waals surface area (Å²) in [6, 6.07) is 6.49. The van der Waals surface area contributed by atoms with Gasteiger partial charge in [0.1, 0.15) is 5.75 Å². The summed E-state index contributed by atoms with van der Waals surface area (Å²) in [5.41, 5.74) is 1.50. The zero-order valence-electron chi connectivity index (χ0n) is 16.8. The van der Waals surface area contributed by atoms with Crippen LogP contribution in [0.3, 0.4) is 0 Å². The van der Waals surface area contributed by atoms with E-state index in [0.717, 1.165) is 0 Å². The van der Waals surface area contributed by atoms with Crippen molar-refractivity contribution in [3.05, 3.63) is 52.4 Å². The van der Waals surface area contributed by atoms with E-state index in [4.69, 9.17) is 14.2 Å². The molecule has 0 aliphatic carbocycles. The zero-order chi connectivity index (χ0) is 20.8. The van der Waals surface area contributed by atoms with E-state index in [1.165, 1.54) is 7.11 Å². The van der Waals surface area contributed by atoms with Crippen LogP contribution in [-0.2, 0) is 19.1 Å². The third-order valence-corrected chi connectivity index (χ3v) is 4.39. The van der Waals surface area contributed by atoms with Gasteiger partial charge < -0.3 is 19.5 Å². The molecule has 0 fully saturated rings. The molecule has 0 spiro atoms. The topological polar surface area (TPSA) is 90.9 Å². The van der Waals surface area contributed by atoms with Crippen molar-refractivity contribution in [3.8, 4) is 5.75 Å². The number of allylic oxidation sites excluding steroid dienone is 2. The molecule has 0 amide bonds. The highest BCUT2D eigenvalue weighted by atomic mass is 16.5. The summed E-state index contributed by atoms with van der Waals surface area (Å²) in [6.45, 7) is 7.00. The van der Waals surface area contributed by atoms with Gasteiger partial charge in [-0.25, -0.2) is 9.59 Å². The molecule has 1 heterocycles. The summed E-state index contributed by atoms with van der Waals surface area (Å²) in [7, 11) is 1.53. The number of ketones is 1. The minimum absolute atomic E-state index is 0.108. The lowest BCUT2D eigenvalue weighted by Gasteiger charge is -2.29. The van der Waals surface area contributed by atoms with Crippen LogP contribution in [-0.4, -0.2) is 38.0 Å². The largest absolute Gasteiger partial charge is 0.497 e. The summed E-state index contributed by atoms with van der Waals surface area (Å²) in [6.07, 6.45) is 0. The van der Waals surface area contributed by atoms with Gasteiger partial charge in [0, 0.05) is 17.0 Å². The minimum atomic E-state index is -1.12. The van der Waals surface area contributed by atoms with E-state index in [1.807, 2.05) is 0 Å². The molecule has 1 aliphatic rings. The van der Waals surface area contributed by atoms with Crippen molar-refractivity contribution in [1.82, 2.24) is 5.32 Å².